The van der Waals surface area contributed by atoms with E-state index in [0.717, 1.165) is 37.7 Å². The van der Waals surface area contributed by atoms with Crippen LogP contribution in [0.1, 0.15) is 24.8 Å². The molecule has 1 aromatic rings. The number of benzene rings is 1. The van der Waals surface area contributed by atoms with E-state index in [9.17, 15) is 10.1 Å². The fourth-order valence-corrected chi connectivity index (χ4v) is 3.02. The topological polar surface area (TPSA) is 58.4 Å². The van der Waals surface area contributed by atoms with Crippen LogP contribution in [0, 0.1) is 16.0 Å². The Kier molecular flexibility index (Phi) is 8.10. The van der Waals surface area contributed by atoms with Crippen LogP contribution in [0.3, 0.4) is 0 Å². The Balaban J connectivity index is 0.00000242. The van der Waals surface area contributed by atoms with Crippen molar-refractivity contribution in [2.45, 2.75) is 25.8 Å². The molecule has 0 bridgehead atoms. The van der Waals surface area contributed by atoms with E-state index in [2.05, 4.69) is 10.2 Å². The predicted octanol–water partition coefficient (Wildman–Crippen LogP) is 3.49. The Morgan fingerprint density at radius 3 is 2.68 bits per heavy atom. The summed E-state index contributed by atoms with van der Waals surface area (Å²) >= 11 is 5.84. The third-order valence-corrected chi connectivity index (χ3v) is 4.44. The van der Waals surface area contributed by atoms with Gasteiger partial charge in [-0.05, 0) is 63.5 Å². The molecule has 0 saturated carbocycles. The molecule has 1 fully saturated rings. The Morgan fingerprint density at radius 1 is 1.41 bits per heavy atom. The predicted molar refractivity (Wildman–Crippen MR) is 91.9 cm³/mol. The maximum atomic E-state index is 10.9. The van der Waals surface area contributed by atoms with Gasteiger partial charge in [0.25, 0.3) is 5.69 Å². The Hall–Kier alpha value is -0.880. The average molecular weight is 348 g/mol. The second-order valence-electron chi connectivity index (χ2n) is 5.65. The molecule has 7 heteroatoms. The van der Waals surface area contributed by atoms with Crippen molar-refractivity contribution < 1.29 is 4.92 Å². The summed E-state index contributed by atoms with van der Waals surface area (Å²) in [6.07, 6.45) is 3.64. The van der Waals surface area contributed by atoms with Crippen LogP contribution in [-0.4, -0.2) is 36.5 Å². The zero-order valence-corrected chi connectivity index (χ0v) is 14.3. The highest BCUT2D eigenvalue weighted by Gasteiger charge is 2.20. The number of halogens is 2. The van der Waals surface area contributed by atoms with E-state index >= 15 is 0 Å². The quantitative estimate of drug-likeness (QED) is 0.632. The lowest BCUT2D eigenvalue weighted by Crippen LogP contribution is -2.34. The van der Waals surface area contributed by atoms with Gasteiger partial charge in [-0.1, -0.05) is 17.7 Å². The molecule has 22 heavy (non-hydrogen) atoms. The summed E-state index contributed by atoms with van der Waals surface area (Å²) in [7, 11) is 1.99. The molecule has 1 aliphatic rings. The summed E-state index contributed by atoms with van der Waals surface area (Å²) < 4.78 is 0. The first kappa shape index (κ1) is 19.2. The molecular weight excluding hydrogens is 325 g/mol. The van der Waals surface area contributed by atoms with Gasteiger partial charge in [0, 0.05) is 12.6 Å². The van der Waals surface area contributed by atoms with Gasteiger partial charge in [0.1, 0.15) is 5.02 Å². The number of piperidine rings is 1. The van der Waals surface area contributed by atoms with Gasteiger partial charge in [-0.25, -0.2) is 0 Å². The monoisotopic (exact) mass is 347 g/mol. The number of hydrogen-bond acceptors (Lipinski definition) is 4. The van der Waals surface area contributed by atoms with Crippen molar-refractivity contribution in [1.82, 2.24) is 10.2 Å². The lowest BCUT2D eigenvalue weighted by Gasteiger charge is -2.32. The van der Waals surface area contributed by atoms with E-state index in [1.165, 1.54) is 19.3 Å². The van der Waals surface area contributed by atoms with Crippen molar-refractivity contribution in [1.29, 1.82) is 0 Å². The standard InChI is InChI=1S/C15H22ClN3O2.ClH/c1-17-7-4-12-5-8-18(9-6-12)11-13-2-3-14(16)15(10-13)19(20)21;/h2-3,10,12,17H,4-9,11H2,1H3;1H. The number of hydrogen-bond donors (Lipinski definition) is 1. The van der Waals surface area contributed by atoms with Crippen molar-refractivity contribution in [2.75, 3.05) is 26.7 Å². The van der Waals surface area contributed by atoms with Crippen LogP contribution < -0.4 is 5.32 Å². The molecule has 5 nitrogen and oxygen atoms in total. The normalized spacial score (nSPS) is 16.3. The first-order valence-corrected chi connectivity index (χ1v) is 7.77. The second kappa shape index (κ2) is 9.30. The van der Waals surface area contributed by atoms with Crippen molar-refractivity contribution in [3.8, 4) is 0 Å². The molecule has 1 heterocycles. The van der Waals surface area contributed by atoms with Crippen molar-refractivity contribution in [3.05, 3.63) is 38.9 Å². The minimum absolute atomic E-state index is 0. The zero-order valence-electron chi connectivity index (χ0n) is 12.8. The molecular formula is C15H23Cl2N3O2. The third-order valence-electron chi connectivity index (χ3n) is 4.12. The molecule has 1 N–H and O–H groups in total. The highest BCUT2D eigenvalue weighted by Crippen LogP contribution is 2.27. The van der Waals surface area contributed by atoms with Gasteiger partial charge in [0.05, 0.1) is 4.92 Å². The van der Waals surface area contributed by atoms with Crippen LogP contribution in [0.2, 0.25) is 5.02 Å². The number of rotatable bonds is 6. The van der Waals surface area contributed by atoms with E-state index in [1.807, 2.05) is 13.1 Å². The van der Waals surface area contributed by atoms with Gasteiger partial charge in [-0.2, -0.15) is 0 Å². The van der Waals surface area contributed by atoms with E-state index in [0.29, 0.717) is 0 Å². The minimum atomic E-state index is -0.421. The molecule has 0 radical (unpaired) electrons. The van der Waals surface area contributed by atoms with Gasteiger partial charge in [0.15, 0.2) is 0 Å². The van der Waals surface area contributed by atoms with Gasteiger partial charge in [-0.15, -0.1) is 12.4 Å². The fourth-order valence-electron chi connectivity index (χ4n) is 2.84. The molecule has 0 spiro atoms. The van der Waals surface area contributed by atoms with Crippen LogP contribution in [0.25, 0.3) is 0 Å². The SMILES string of the molecule is CNCCC1CCN(Cc2ccc(Cl)c([N+](=O)[O-])c2)CC1.Cl. The van der Waals surface area contributed by atoms with Crippen molar-refractivity contribution in [2.24, 2.45) is 5.92 Å². The highest BCUT2D eigenvalue weighted by molar-refractivity contribution is 6.32. The lowest BCUT2D eigenvalue weighted by molar-refractivity contribution is -0.384. The molecule has 0 amide bonds. The first-order valence-electron chi connectivity index (χ1n) is 7.40. The molecule has 124 valence electrons. The van der Waals surface area contributed by atoms with Crippen LogP contribution >= 0.6 is 24.0 Å². The molecule has 1 saturated heterocycles. The van der Waals surface area contributed by atoms with Gasteiger partial charge >= 0.3 is 0 Å². The molecule has 0 aliphatic carbocycles. The summed E-state index contributed by atoms with van der Waals surface area (Å²) in [5.74, 6) is 0.799. The maximum Gasteiger partial charge on any atom is 0.288 e. The number of nitrogens with zero attached hydrogens (tertiary/aromatic N) is 2. The molecule has 0 unspecified atom stereocenters. The fraction of sp³-hybridized carbons (Fsp3) is 0.600. The second-order valence-corrected chi connectivity index (χ2v) is 6.06. The van der Waals surface area contributed by atoms with Gasteiger partial charge in [0.2, 0.25) is 0 Å². The zero-order chi connectivity index (χ0) is 15.2. The molecule has 1 aliphatic heterocycles. The largest absolute Gasteiger partial charge is 0.320 e. The van der Waals surface area contributed by atoms with E-state index in [4.69, 9.17) is 11.6 Å². The number of nitrogens with one attached hydrogen (secondary N) is 1. The van der Waals surface area contributed by atoms with E-state index in [-0.39, 0.29) is 23.1 Å². The molecule has 1 aromatic carbocycles. The van der Waals surface area contributed by atoms with Crippen molar-refractivity contribution >= 4 is 29.7 Å². The van der Waals surface area contributed by atoms with Crippen LogP contribution in [0.5, 0.6) is 0 Å². The van der Waals surface area contributed by atoms with Crippen LogP contribution in [0.4, 0.5) is 5.69 Å². The Labute approximate surface area is 142 Å². The Bertz CT molecular complexity index is 492. The number of likely N-dealkylation sites (tertiary alicyclic amines) is 1. The summed E-state index contributed by atoms with van der Waals surface area (Å²) in [4.78, 5) is 12.9. The lowest BCUT2D eigenvalue weighted by atomic mass is 9.93. The smallest absolute Gasteiger partial charge is 0.288 e. The maximum absolute atomic E-state index is 10.9. The highest BCUT2D eigenvalue weighted by atomic mass is 35.5. The summed E-state index contributed by atoms with van der Waals surface area (Å²) in [5, 5.41) is 14.3. The summed E-state index contributed by atoms with van der Waals surface area (Å²) in [6.45, 7) is 3.96. The van der Waals surface area contributed by atoms with Gasteiger partial charge in [-0.3, -0.25) is 15.0 Å². The minimum Gasteiger partial charge on any atom is -0.320 e. The Morgan fingerprint density at radius 2 is 2.09 bits per heavy atom. The van der Waals surface area contributed by atoms with E-state index in [1.54, 1.807) is 12.1 Å². The summed E-state index contributed by atoms with van der Waals surface area (Å²) in [6, 6.07) is 5.09. The summed E-state index contributed by atoms with van der Waals surface area (Å²) in [5.41, 5.74) is 0.956. The van der Waals surface area contributed by atoms with E-state index < -0.39 is 4.92 Å². The third kappa shape index (κ3) is 5.39. The first-order chi connectivity index (χ1) is 10.1. The molecule has 0 aromatic heterocycles. The average Bonchev–Trinajstić information content (AvgIpc) is 2.48. The number of nitro benzene ring substituents is 1. The van der Waals surface area contributed by atoms with Gasteiger partial charge < -0.3 is 5.32 Å². The number of nitro groups is 1. The molecule has 2 rings (SSSR count). The van der Waals surface area contributed by atoms with Crippen LogP contribution in [0.15, 0.2) is 18.2 Å². The molecule has 0 atom stereocenters. The van der Waals surface area contributed by atoms with Crippen molar-refractivity contribution in [3.63, 3.8) is 0 Å². The van der Waals surface area contributed by atoms with Crippen LogP contribution in [-0.2, 0) is 6.54 Å².